The second-order valence-electron chi connectivity index (χ2n) is 3.46. The summed E-state index contributed by atoms with van der Waals surface area (Å²) in [6.07, 6.45) is 0. The molecule has 0 aromatic heterocycles. The lowest BCUT2D eigenvalue weighted by atomic mass is 10.1. The highest BCUT2D eigenvalue weighted by Gasteiger charge is 2.04. The number of nitrogens with one attached hydrogen (secondary N) is 1. The molecular weight excluding hydrogens is 257 g/mol. The van der Waals surface area contributed by atoms with Crippen LogP contribution in [0.4, 0.5) is 10.1 Å². The summed E-state index contributed by atoms with van der Waals surface area (Å²) >= 11 is 10.9. The smallest absolute Gasteiger partial charge is 0.123 e. The topological polar surface area (TPSA) is 12.0 Å². The van der Waals surface area contributed by atoms with Crippen molar-refractivity contribution in [1.29, 1.82) is 0 Å². The summed E-state index contributed by atoms with van der Waals surface area (Å²) in [5, 5.41) is 3.48. The van der Waals surface area contributed by atoms with Gasteiger partial charge in [-0.05, 0) is 29.8 Å². The molecule has 0 aliphatic heterocycles. The van der Waals surface area contributed by atoms with Crippen LogP contribution in [0, 0.1) is 5.82 Å². The average Bonchev–Trinajstić information content (AvgIpc) is 2.31. The van der Waals surface area contributed by atoms with Crippen molar-refractivity contribution in [1.82, 2.24) is 0 Å². The Morgan fingerprint density at radius 1 is 1.12 bits per heavy atom. The number of hydrogen-bond acceptors (Lipinski definition) is 1. The molecule has 0 amide bonds. The standard InChI is InChI=1S/C13H9ClFNS/c14-13-7-11(16-8-17)5-6-12(13)9-1-3-10(15)4-2-9/h1-8H,(H,16,17). The van der Waals surface area contributed by atoms with Gasteiger partial charge in [-0.1, -0.05) is 42.0 Å². The van der Waals surface area contributed by atoms with E-state index >= 15 is 0 Å². The van der Waals surface area contributed by atoms with Crippen LogP contribution < -0.4 is 5.32 Å². The van der Waals surface area contributed by atoms with Gasteiger partial charge in [0, 0.05) is 11.3 Å². The van der Waals surface area contributed by atoms with E-state index in [2.05, 4.69) is 5.32 Å². The second-order valence-corrected chi connectivity index (χ2v) is 4.11. The van der Waals surface area contributed by atoms with Gasteiger partial charge in [-0.3, -0.25) is 0 Å². The quantitative estimate of drug-likeness (QED) is 0.819. The lowest BCUT2D eigenvalue weighted by Gasteiger charge is -2.07. The minimum atomic E-state index is -0.260. The lowest BCUT2D eigenvalue weighted by molar-refractivity contribution is 0.628. The van der Waals surface area contributed by atoms with Crippen molar-refractivity contribution in [3.63, 3.8) is 0 Å². The summed E-state index contributed by atoms with van der Waals surface area (Å²) in [5.41, 5.74) is 3.99. The van der Waals surface area contributed by atoms with Crippen molar-refractivity contribution in [2.45, 2.75) is 0 Å². The molecule has 0 unspecified atom stereocenters. The highest BCUT2D eigenvalue weighted by Crippen LogP contribution is 2.30. The average molecular weight is 266 g/mol. The van der Waals surface area contributed by atoms with Gasteiger partial charge in [-0.2, -0.15) is 0 Å². The predicted octanol–water partition coefficient (Wildman–Crippen LogP) is 4.52. The maximum Gasteiger partial charge on any atom is 0.123 e. The van der Waals surface area contributed by atoms with Crippen LogP contribution in [-0.2, 0) is 0 Å². The van der Waals surface area contributed by atoms with E-state index in [9.17, 15) is 4.39 Å². The fraction of sp³-hybridized carbons (Fsp3) is 0. The molecule has 2 aromatic rings. The molecule has 2 aromatic carbocycles. The number of anilines is 1. The third-order valence-electron chi connectivity index (χ3n) is 2.35. The fourth-order valence-corrected chi connectivity index (χ4v) is 1.96. The van der Waals surface area contributed by atoms with Crippen LogP contribution in [-0.4, -0.2) is 5.49 Å². The number of thiocarbonyl (C=S) groups is 1. The summed E-state index contributed by atoms with van der Waals surface area (Å²) in [7, 11) is 0. The van der Waals surface area contributed by atoms with Gasteiger partial charge in [0.05, 0.1) is 10.5 Å². The first-order valence-corrected chi connectivity index (χ1v) is 5.81. The maximum atomic E-state index is 12.8. The van der Waals surface area contributed by atoms with Gasteiger partial charge in [0.1, 0.15) is 5.82 Å². The molecule has 0 heterocycles. The van der Waals surface area contributed by atoms with Gasteiger partial charge >= 0.3 is 0 Å². The van der Waals surface area contributed by atoms with E-state index in [1.54, 1.807) is 18.2 Å². The van der Waals surface area contributed by atoms with E-state index in [-0.39, 0.29) is 5.82 Å². The van der Waals surface area contributed by atoms with E-state index < -0.39 is 0 Å². The van der Waals surface area contributed by atoms with Crippen molar-refractivity contribution < 1.29 is 4.39 Å². The van der Waals surface area contributed by atoms with E-state index in [0.29, 0.717) is 5.02 Å². The summed E-state index contributed by atoms with van der Waals surface area (Å²) in [6.45, 7) is 0. The first-order valence-electron chi connectivity index (χ1n) is 4.96. The van der Waals surface area contributed by atoms with Crippen LogP contribution in [0.5, 0.6) is 0 Å². The Morgan fingerprint density at radius 2 is 1.82 bits per heavy atom. The van der Waals surface area contributed by atoms with Gasteiger partial charge in [0.15, 0.2) is 0 Å². The molecule has 0 saturated carbocycles. The number of benzene rings is 2. The molecule has 0 aliphatic carbocycles. The first-order chi connectivity index (χ1) is 8.20. The van der Waals surface area contributed by atoms with Crippen LogP contribution in [0.2, 0.25) is 5.02 Å². The Bertz CT molecular complexity index is 540. The van der Waals surface area contributed by atoms with Crippen molar-refractivity contribution in [2.75, 3.05) is 5.32 Å². The van der Waals surface area contributed by atoms with E-state index in [1.165, 1.54) is 17.6 Å². The molecule has 1 N–H and O–H groups in total. The zero-order valence-corrected chi connectivity index (χ0v) is 10.4. The van der Waals surface area contributed by atoms with Crippen LogP contribution in [0.15, 0.2) is 42.5 Å². The zero-order chi connectivity index (χ0) is 12.3. The molecule has 0 saturated heterocycles. The molecule has 4 heteroatoms. The Balaban J connectivity index is 2.39. The third-order valence-corrected chi connectivity index (χ3v) is 2.78. The second kappa shape index (κ2) is 5.25. The maximum absolute atomic E-state index is 12.8. The largest absolute Gasteiger partial charge is 0.353 e. The summed E-state index contributed by atoms with van der Waals surface area (Å²) in [4.78, 5) is 0. The third kappa shape index (κ3) is 2.81. The van der Waals surface area contributed by atoms with Gasteiger partial charge in [-0.15, -0.1) is 0 Å². The lowest BCUT2D eigenvalue weighted by Crippen LogP contribution is -1.92. The monoisotopic (exact) mass is 265 g/mol. The predicted molar refractivity (Wildman–Crippen MR) is 74.1 cm³/mol. The van der Waals surface area contributed by atoms with Crippen LogP contribution in [0.3, 0.4) is 0 Å². The molecule has 2 rings (SSSR count). The fourth-order valence-electron chi connectivity index (χ4n) is 1.54. The van der Waals surface area contributed by atoms with E-state index in [1.807, 2.05) is 12.1 Å². The minimum Gasteiger partial charge on any atom is -0.353 e. The number of rotatable bonds is 3. The molecule has 0 fully saturated rings. The normalized spacial score (nSPS) is 10.0. The van der Waals surface area contributed by atoms with Crippen LogP contribution in [0.1, 0.15) is 0 Å². The Labute approximate surface area is 109 Å². The van der Waals surface area contributed by atoms with Gasteiger partial charge < -0.3 is 5.32 Å². The summed E-state index contributed by atoms with van der Waals surface area (Å²) < 4.78 is 12.8. The zero-order valence-electron chi connectivity index (χ0n) is 8.78. The molecule has 0 spiro atoms. The molecule has 0 aliphatic rings. The van der Waals surface area contributed by atoms with Gasteiger partial charge in [0.2, 0.25) is 0 Å². The van der Waals surface area contributed by atoms with Crippen molar-refractivity contribution >= 4 is 35.0 Å². The van der Waals surface area contributed by atoms with Crippen LogP contribution in [0.25, 0.3) is 11.1 Å². The number of halogens is 2. The minimum absolute atomic E-state index is 0.260. The molecular formula is C13H9ClFNS. The Hall–Kier alpha value is -1.45. The van der Waals surface area contributed by atoms with E-state index in [4.69, 9.17) is 23.8 Å². The molecule has 86 valence electrons. The molecule has 0 bridgehead atoms. The molecule has 1 nitrogen and oxygen atoms in total. The van der Waals surface area contributed by atoms with Gasteiger partial charge in [-0.25, -0.2) is 4.39 Å². The van der Waals surface area contributed by atoms with Crippen molar-refractivity contribution in [3.05, 3.63) is 53.3 Å². The molecule has 0 atom stereocenters. The Morgan fingerprint density at radius 3 is 2.41 bits per heavy atom. The van der Waals surface area contributed by atoms with E-state index in [0.717, 1.165) is 16.8 Å². The SMILES string of the molecule is Fc1ccc(-c2ccc(NC=S)cc2Cl)cc1. The molecule has 17 heavy (non-hydrogen) atoms. The van der Waals surface area contributed by atoms with Crippen molar-refractivity contribution in [3.8, 4) is 11.1 Å². The Kier molecular flexibility index (Phi) is 3.71. The summed E-state index contributed by atoms with van der Waals surface area (Å²) in [5.74, 6) is -0.260. The highest BCUT2D eigenvalue weighted by atomic mass is 35.5. The summed E-state index contributed by atoms with van der Waals surface area (Å²) in [6, 6.07) is 11.7. The van der Waals surface area contributed by atoms with Crippen LogP contribution >= 0.6 is 23.8 Å². The highest BCUT2D eigenvalue weighted by molar-refractivity contribution is 7.79. The van der Waals surface area contributed by atoms with Crippen molar-refractivity contribution in [2.24, 2.45) is 0 Å². The van der Waals surface area contributed by atoms with Gasteiger partial charge in [0.25, 0.3) is 0 Å². The number of hydrogen-bond donors (Lipinski definition) is 1. The first kappa shape index (κ1) is 12.0. The molecule has 0 radical (unpaired) electrons.